The average molecular weight is 376 g/mol. The second kappa shape index (κ2) is 7.94. The van der Waals surface area contributed by atoms with E-state index in [-0.39, 0.29) is 5.91 Å². The third kappa shape index (κ3) is 3.82. The number of hydrogen-bond donors (Lipinski definition) is 1. The SMILES string of the molecule is Cc1nc2ccccc2c(C)c1CC(=O)Nc1ccc(N2CCOCC2)nc1. The molecular weight excluding hydrogens is 352 g/mol. The van der Waals surface area contributed by atoms with Crippen LogP contribution in [0, 0.1) is 13.8 Å². The number of ether oxygens (including phenoxy) is 1. The molecule has 6 heteroatoms. The van der Waals surface area contributed by atoms with Gasteiger partial charge in [0.25, 0.3) is 0 Å². The summed E-state index contributed by atoms with van der Waals surface area (Å²) in [6, 6.07) is 11.9. The van der Waals surface area contributed by atoms with Gasteiger partial charge in [-0.2, -0.15) is 0 Å². The summed E-state index contributed by atoms with van der Waals surface area (Å²) in [6.07, 6.45) is 2.00. The summed E-state index contributed by atoms with van der Waals surface area (Å²) in [7, 11) is 0. The fourth-order valence-corrected chi connectivity index (χ4v) is 3.64. The molecule has 144 valence electrons. The molecule has 1 aliphatic rings. The minimum Gasteiger partial charge on any atom is -0.378 e. The Hall–Kier alpha value is -2.99. The molecule has 1 N–H and O–H groups in total. The van der Waals surface area contributed by atoms with E-state index in [2.05, 4.69) is 27.1 Å². The molecule has 1 fully saturated rings. The molecule has 3 aromatic rings. The number of nitrogens with one attached hydrogen (secondary N) is 1. The van der Waals surface area contributed by atoms with E-state index in [1.165, 1.54) is 0 Å². The van der Waals surface area contributed by atoms with Crippen molar-refractivity contribution in [3.05, 3.63) is 59.4 Å². The highest BCUT2D eigenvalue weighted by molar-refractivity contribution is 5.94. The van der Waals surface area contributed by atoms with Crippen molar-refractivity contribution in [3.63, 3.8) is 0 Å². The van der Waals surface area contributed by atoms with Crippen LogP contribution >= 0.6 is 0 Å². The van der Waals surface area contributed by atoms with Gasteiger partial charge in [-0.05, 0) is 43.2 Å². The molecule has 1 aromatic carbocycles. The second-order valence-corrected chi connectivity index (χ2v) is 7.05. The number of aromatic nitrogens is 2. The standard InChI is InChI=1S/C22H24N4O2/c1-15-18-5-3-4-6-20(18)24-16(2)19(15)13-22(27)25-17-7-8-21(23-14-17)26-9-11-28-12-10-26/h3-8,14H,9-13H2,1-2H3,(H,25,27). The van der Waals surface area contributed by atoms with Crippen LogP contribution in [0.5, 0.6) is 0 Å². The van der Waals surface area contributed by atoms with Crippen LogP contribution in [-0.4, -0.2) is 42.2 Å². The summed E-state index contributed by atoms with van der Waals surface area (Å²) in [5.41, 5.74) is 4.65. The molecular formula is C22H24N4O2. The van der Waals surface area contributed by atoms with Crippen LogP contribution in [0.1, 0.15) is 16.8 Å². The maximum Gasteiger partial charge on any atom is 0.228 e. The van der Waals surface area contributed by atoms with Gasteiger partial charge in [-0.3, -0.25) is 9.78 Å². The first kappa shape index (κ1) is 18.4. The molecule has 3 heterocycles. The van der Waals surface area contributed by atoms with E-state index < -0.39 is 0 Å². The van der Waals surface area contributed by atoms with Crippen molar-refractivity contribution in [1.82, 2.24) is 9.97 Å². The number of carbonyl (C=O) groups is 1. The molecule has 1 saturated heterocycles. The molecule has 0 aliphatic carbocycles. The van der Waals surface area contributed by atoms with Crippen LogP contribution in [0.25, 0.3) is 10.9 Å². The first-order valence-electron chi connectivity index (χ1n) is 9.55. The smallest absolute Gasteiger partial charge is 0.228 e. The number of benzene rings is 1. The van der Waals surface area contributed by atoms with Crippen LogP contribution < -0.4 is 10.2 Å². The molecule has 2 aromatic heterocycles. The van der Waals surface area contributed by atoms with E-state index in [1.54, 1.807) is 6.20 Å². The number of anilines is 2. The molecule has 28 heavy (non-hydrogen) atoms. The van der Waals surface area contributed by atoms with E-state index >= 15 is 0 Å². The number of para-hydroxylation sites is 1. The van der Waals surface area contributed by atoms with Crippen LogP contribution in [0.3, 0.4) is 0 Å². The second-order valence-electron chi connectivity index (χ2n) is 7.05. The Kier molecular flexibility index (Phi) is 5.21. The number of fused-ring (bicyclic) bond motifs is 1. The lowest BCUT2D eigenvalue weighted by atomic mass is 9.99. The Labute approximate surface area is 164 Å². The van der Waals surface area contributed by atoms with E-state index in [4.69, 9.17) is 4.74 Å². The first-order valence-corrected chi connectivity index (χ1v) is 9.55. The van der Waals surface area contributed by atoms with Gasteiger partial charge < -0.3 is 15.0 Å². The fourth-order valence-electron chi connectivity index (χ4n) is 3.64. The van der Waals surface area contributed by atoms with Gasteiger partial charge >= 0.3 is 0 Å². The Bertz CT molecular complexity index is 995. The Morgan fingerprint density at radius 1 is 1.14 bits per heavy atom. The van der Waals surface area contributed by atoms with E-state index in [0.717, 1.165) is 59.8 Å². The number of aryl methyl sites for hydroxylation is 2. The highest BCUT2D eigenvalue weighted by Crippen LogP contribution is 2.23. The van der Waals surface area contributed by atoms with Gasteiger partial charge in [0.15, 0.2) is 0 Å². The molecule has 4 rings (SSSR count). The highest BCUT2D eigenvalue weighted by Gasteiger charge is 2.15. The van der Waals surface area contributed by atoms with Gasteiger partial charge in [-0.1, -0.05) is 18.2 Å². The van der Waals surface area contributed by atoms with Gasteiger partial charge in [0.2, 0.25) is 5.91 Å². The molecule has 6 nitrogen and oxygen atoms in total. The fraction of sp³-hybridized carbons (Fsp3) is 0.318. The molecule has 1 aliphatic heterocycles. The van der Waals surface area contributed by atoms with E-state index in [9.17, 15) is 4.79 Å². The van der Waals surface area contributed by atoms with Crippen molar-refractivity contribution in [2.45, 2.75) is 20.3 Å². The monoisotopic (exact) mass is 376 g/mol. The Morgan fingerprint density at radius 3 is 2.68 bits per heavy atom. The number of hydrogen-bond acceptors (Lipinski definition) is 5. The van der Waals surface area contributed by atoms with Crippen molar-refractivity contribution in [2.75, 3.05) is 36.5 Å². The van der Waals surface area contributed by atoms with Gasteiger partial charge in [0, 0.05) is 24.2 Å². The van der Waals surface area contributed by atoms with Crippen molar-refractivity contribution in [1.29, 1.82) is 0 Å². The predicted molar refractivity (Wildman–Crippen MR) is 111 cm³/mol. The number of amides is 1. The van der Waals surface area contributed by atoms with Crippen molar-refractivity contribution in [2.24, 2.45) is 0 Å². The summed E-state index contributed by atoms with van der Waals surface area (Å²) in [5.74, 6) is 0.843. The lowest BCUT2D eigenvalue weighted by molar-refractivity contribution is -0.115. The zero-order valence-electron chi connectivity index (χ0n) is 16.2. The number of morpholine rings is 1. The normalized spacial score (nSPS) is 14.3. The van der Waals surface area contributed by atoms with Crippen molar-refractivity contribution in [3.8, 4) is 0 Å². The lowest BCUT2D eigenvalue weighted by Crippen LogP contribution is -2.36. The quantitative estimate of drug-likeness (QED) is 0.757. The molecule has 0 atom stereocenters. The van der Waals surface area contributed by atoms with Crippen LogP contribution in [0.4, 0.5) is 11.5 Å². The molecule has 1 amide bonds. The zero-order valence-corrected chi connectivity index (χ0v) is 16.2. The summed E-state index contributed by atoms with van der Waals surface area (Å²) >= 11 is 0. The summed E-state index contributed by atoms with van der Waals surface area (Å²) in [5, 5.41) is 4.04. The zero-order chi connectivity index (χ0) is 19.5. The number of nitrogens with zero attached hydrogens (tertiary/aromatic N) is 3. The van der Waals surface area contributed by atoms with Crippen LogP contribution in [-0.2, 0) is 16.0 Å². The number of carbonyl (C=O) groups excluding carboxylic acids is 1. The Balaban J connectivity index is 1.46. The molecule has 0 radical (unpaired) electrons. The van der Waals surface area contributed by atoms with E-state index in [0.29, 0.717) is 12.1 Å². The van der Waals surface area contributed by atoms with Gasteiger partial charge in [-0.15, -0.1) is 0 Å². The van der Waals surface area contributed by atoms with Crippen LogP contribution in [0.2, 0.25) is 0 Å². The summed E-state index contributed by atoms with van der Waals surface area (Å²) in [6.45, 7) is 7.13. The lowest BCUT2D eigenvalue weighted by Gasteiger charge is -2.27. The maximum absolute atomic E-state index is 12.6. The predicted octanol–water partition coefficient (Wildman–Crippen LogP) is 3.26. The summed E-state index contributed by atoms with van der Waals surface area (Å²) < 4.78 is 5.37. The molecule has 0 bridgehead atoms. The molecule has 0 spiro atoms. The molecule has 0 saturated carbocycles. The van der Waals surface area contributed by atoms with Crippen molar-refractivity contribution >= 4 is 28.3 Å². The summed E-state index contributed by atoms with van der Waals surface area (Å²) in [4.78, 5) is 23.9. The number of rotatable bonds is 4. The maximum atomic E-state index is 12.6. The topological polar surface area (TPSA) is 67.4 Å². The highest BCUT2D eigenvalue weighted by atomic mass is 16.5. The largest absolute Gasteiger partial charge is 0.378 e. The van der Waals surface area contributed by atoms with Gasteiger partial charge in [-0.25, -0.2) is 4.98 Å². The van der Waals surface area contributed by atoms with Crippen LogP contribution in [0.15, 0.2) is 42.6 Å². The van der Waals surface area contributed by atoms with Gasteiger partial charge in [0.1, 0.15) is 5.82 Å². The average Bonchev–Trinajstić information content (AvgIpc) is 2.72. The Morgan fingerprint density at radius 2 is 1.93 bits per heavy atom. The number of pyridine rings is 2. The van der Waals surface area contributed by atoms with Gasteiger partial charge in [0.05, 0.1) is 37.0 Å². The third-order valence-electron chi connectivity index (χ3n) is 5.19. The van der Waals surface area contributed by atoms with E-state index in [1.807, 2.05) is 43.3 Å². The molecule has 0 unspecified atom stereocenters. The minimum atomic E-state index is -0.0656. The first-order chi connectivity index (χ1) is 13.6. The van der Waals surface area contributed by atoms with Crippen molar-refractivity contribution < 1.29 is 9.53 Å². The minimum absolute atomic E-state index is 0.0656. The third-order valence-corrected chi connectivity index (χ3v) is 5.19.